The van der Waals surface area contributed by atoms with Crippen molar-refractivity contribution >= 4 is 34.9 Å². The summed E-state index contributed by atoms with van der Waals surface area (Å²) >= 11 is 0. The van der Waals surface area contributed by atoms with Gasteiger partial charge in [-0.05, 0) is 110 Å². The molecule has 7 nitrogen and oxygen atoms in total. The van der Waals surface area contributed by atoms with Crippen LogP contribution in [0, 0.1) is 0 Å². The summed E-state index contributed by atoms with van der Waals surface area (Å²) in [5.74, 6) is 4.54. The molecule has 0 aliphatic heterocycles. The lowest BCUT2D eigenvalue weighted by Gasteiger charge is -2.26. The standard InChI is InChI=1S/C41H51N7/c1-5-9-14-32-20-24-36(42-28-32)47(37-25-21-33(29-43-37)15-10-6-2)40-18-13-19-41(46-40)48(38-26-22-34(30-44-38)16-11-7-3)39-27-23-35(31-45-39)17-12-8-4/h13,18-31H,5-12,14-17H2,1-4H3. The van der Waals surface area contributed by atoms with Gasteiger partial charge in [-0.2, -0.15) is 0 Å². The van der Waals surface area contributed by atoms with E-state index in [0.29, 0.717) is 0 Å². The minimum Gasteiger partial charge on any atom is -0.262 e. The number of pyridine rings is 5. The average Bonchev–Trinajstić information content (AvgIpc) is 3.14. The number of rotatable bonds is 18. The van der Waals surface area contributed by atoms with Crippen LogP contribution in [0.5, 0.6) is 0 Å². The molecule has 0 fully saturated rings. The molecule has 5 rings (SSSR count). The number of anilines is 6. The fourth-order valence-electron chi connectivity index (χ4n) is 5.68. The number of aromatic nitrogens is 5. The quantitative estimate of drug-likeness (QED) is 0.0942. The van der Waals surface area contributed by atoms with Crippen LogP contribution in [0.2, 0.25) is 0 Å². The van der Waals surface area contributed by atoms with Gasteiger partial charge in [0.2, 0.25) is 0 Å². The van der Waals surface area contributed by atoms with Crippen molar-refractivity contribution in [1.82, 2.24) is 24.9 Å². The van der Waals surface area contributed by atoms with Crippen molar-refractivity contribution in [2.45, 2.75) is 105 Å². The molecule has 48 heavy (non-hydrogen) atoms. The second kappa shape index (κ2) is 18.0. The summed E-state index contributed by atoms with van der Waals surface area (Å²) in [4.78, 5) is 29.0. The minimum absolute atomic E-state index is 0.722. The highest BCUT2D eigenvalue weighted by atomic mass is 15.3. The summed E-state index contributed by atoms with van der Waals surface area (Å²) < 4.78 is 0. The number of unbranched alkanes of at least 4 members (excludes halogenated alkanes) is 4. The predicted octanol–water partition coefficient (Wildman–Crippen LogP) is 11.0. The van der Waals surface area contributed by atoms with Crippen LogP contribution in [0.15, 0.2) is 91.5 Å². The molecule has 5 aromatic heterocycles. The number of aryl methyl sites for hydroxylation is 4. The zero-order valence-electron chi connectivity index (χ0n) is 29.3. The van der Waals surface area contributed by atoms with Crippen molar-refractivity contribution in [2.75, 3.05) is 9.80 Å². The van der Waals surface area contributed by atoms with Crippen LogP contribution in [-0.4, -0.2) is 24.9 Å². The lowest BCUT2D eigenvalue weighted by atomic mass is 10.1. The van der Waals surface area contributed by atoms with Gasteiger partial charge in [0, 0.05) is 24.8 Å². The van der Waals surface area contributed by atoms with Crippen molar-refractivity contribution in [3.8, 4) is 0 Å². The van der Waals surface area contributed by atoms with Crippen LogP contribution in [0.1, 0.15) is 101 Å². The fraction of sp³-hybridized carbons (Fsp3) is 0.390. The molecule has 0 bridgehead atoms. The van der Waals surface area contributed by atoms with Gasteiger partial charge in [0.25, 0.3) is 0 Å². The molecular formula is C41H51N7. The molecule has 0 N–H and O–H groups in total. The Morgan fingerprint density at radius 3 is 0.896 bits per heavy atom. The van der Waals surface area contributed by atoms with Crippen molar-refractivity contribution in [2.24, 2.45) is 0 Å². The van der Waals surface area contributed by atoms with Crippen LogP contribution in [-0.2, 0) is 25.7 Å². The Morgan fingerprint density at radius 2 is 0.667 bits per heavy atom. The maximum absolute atomic E-state index is 5.26. The van der Waals surface area contributed by atoms with E-state index in [4.69, 9.17) is 24.9 Å². The van der Waals surface area contributed by atoms with Gasteiger partial charge in [0.15, 0.2) is 0 Å². The second-order valence-corrected chi connectivity index (χ2v) is 12.5. The van der Waals surface area contributed by atoms with Gasteiger partial charge < -0.3 is 0 Å². The third-order valence-electron chi connectivity index (χ3n) is 8.61. The van der Waals surface area contributed by atoms with Crippen molar-refractivity contribution in [1.29, 1.82) is 0 Å². The molecule has 0 saturated carbocycles. The zero-order chi connectivity index (χ0) is 33.6. The van der Waals surface area contributed by atoms with E-state index >= 15 is 0 Å². The number of hydrogen-bond acceptors (Lipinski definition) is 7. The van der Waals surface area contributed by atoms with Gasteiger partial charge in [-0.3, -0.25) is 9.80 Å². The van der Waals surface area contributed by atoms with E-state index in [-0.39, 0.29) is 0 Å². The summed E-state index contributed by atoms with van der Waals surface area (Å²) in [6.07, 6.45) is 21.2. The Kier molecular flexibility index (Phi) is 13.0. The Labute approximate surface area is 287 Å². The van der Waals surface area contributed by atoms with Gasteiger partial charge in [-0.1, -0.05) is 83.7 Å². The van der Waals surface area contributed by atoms with Gasteiger partial charge in [-0.15, -0.1) is 0 Å². The highest BCUT2D eigenvalue weighted by Gasteiger charge is 2.21. The van der Waals surface area contributed by atoms with Gasteiger partial charge in [-0.25, -0.2) is 24.9 Å². The largest absolute Gasteiger partial charge is 0.262 e. The van der Waals surface area contributed by atoms with Crippen molar-refractivity contribution < 1.29 is 0 Å². The molecule has 0 aliphatic rings. The van der Waals surface area contributed by atoms with Gasteiger partial charge in [0.1, 0.15) is 34.9 Å². The first kappa shape index (κ1) is 34.7. The molecule has 0 aliphatic carbocycles. The van der Waals surface area contributed by atoms with E-state index in [1.165, 1.54) is 22.3 Å². The molecule has 0 saturated heterocycles. The Balaban J connectivity index is 1.56. The Morgan fingerprint density at radius 1 is 0.375 bits per heavy atom. The van der Waals surface area contributed by atoms with Crippen molar-refractivity contribution in [3.63, 3.8) is 0 Å². The number of hydrogen-bond donors (Lipinski definition) is 0. The molecule has 250 valence electrons. The van der Waals surface area contributed by atoms with E-state index in [1.54, 1.807) is 0 Å². The molecular weight excluding hydrogens is 591 g/mol. The molecule has 0 radical (unpaired) electrons. The summed E-state index contributed by atoms with van der Waals surface area (Å²) in [5, 5.41) is 0. The lowest BCUT2D eigenvalue weighted by Crippen LogP contribution is -2.18. The van der Waals surface area contributed by atoms with Gasteiger partial charge in [0.05, 0.1) is 0 Å². The van der Waals surface area contributed by atoms with E-state index < -0.39 is 0 Å². The van der Waals surface area contributed by atoms with Crippen molar-refractivity contribution in [3.05, 3.63) is 114 Å². The fourth-order valence-corrected chi connectivity index (χ4v) is 5.68. The molecule has 0 spiro atoms. The van der Waals surface area contributed by atoms with E-state index in [9.17, 15) is 0 Å². The van der Waals surface area contributed by atoms with Crippen LogP contribution in [0.25, 0.3) is 0 Å². The molecule has 5 heterocycles. The molecule has 0 unspecified atom stereocenters. The Hall–Kier alpha value is -4.65. The first-order chi connectivity index (χ1) is 23.6. The second-order valence-electron chi connectivity index (χ2n) is 12.5. The summed E-state index contributed by atoms with van der Waals surface area (Å²) in [6, 6.07) is 23.1. The predicted molar refractivity (Wildman–Crippen MR) is 199 cm³/mol. The molecule has 7 heteroatoms. The third-order valence-corrected chi connectivity index (χ3v) is 8.61. The SMILES string of the molecule is CCCCc1ccc(N(c2ccc(CCCC)cn2)c2cccc(N(c3ccc(CCCC)cn3)c3ccc(CCCC)cn3)n2)nc1. The smallest absolute Gasteiger partial charge is 0.142 e. The third kappa shape index (κ3) is 9.24. The first-order valence-electron chi connectivity index (χ1n) is 18.0. The van der Waals surface area contributed by atoms with E-state index in [2.05, 4.69) is 76.2 Å². The maximum atomic E-state index is 5.26. The van der Waals surface area contributed by atoms with Crippen LogP contribution in [0.4, 0.5) is 34.9 Å². The first-order valence-corrected chi connectivity index (χ1v) is 18.0. The Bertz CT molecular complexity index is 1420. The van der Waals surface area contributed by atoms with Crippen LogP contribution in [0.3, 0.4) is 0 Å². The van der Waals surface area contributed by atoms with Gasteiger partial charge >= 0.3 is 0 Å². The minimum atomic E-state index is 0.722. The molecule has 0 aromatic carbocycles. The van der Waals surface area contributed by atoms with E-state index in [1.807, 2.05) is 52.8 Å². The lowest BCUT2D eigenvalue weighted by molar-refractivity contribution is 0.791. The highest BCUT2D eigenvalue weighted by molar-refractivity contribution is 5.74. The summed E-state index contributed by atoms with van der Waals surface area (Å²) in [6.45, 7) is 8.87. The average molecular weight is 642 g/mol. The molecule has 5 aromatic rings. The zero-order valence-corrected chi connectivity index (χ0v) is 29.3. The summed E-state index contributed by atoms with van der Waals surface area (Å²) in [5.41, 5.74) is 4.94. The normalized spacial score (nSPS) is 11.1. The number of nitrogens with zero attached hydrogens (tertiary/aromatic N) is 7. The van der Waals surface area contributed by atoms with Crippen LogP contribution < -0.4 is 9.80 Å². The monoisotopic (exact) mass is 641 g/mol. The highest BCUT2D eigenvalue weighted by Crippen LogP contribution is 2.36. The maximum Gasteiger partial charge on any atom is 0.142 e. The molecule has 0 atom stereocenters. The van der Waals surface area contributed by atoms with Crippen LogP contribution >= 0.6 is 0 Å². The topological polar surface area (TPSA) is 70.9 Å². The van der Waals surface area contributed by atoms with E-state index in [0.717, 1.165) is 112 Å². The summed E-state index contributed by atoms with van der Waals surface area (Å²) in [7, 11) is 0. The molecule has 0 amide bonds.